The molecule has 5 rings (SSSR count). The third kappa shape index (κ3) is 5.74. The van der Waals surface area contributed by atoms with Crippen LogP contribution >= 0.6 is 23.6 Å². The number of carbonyl (C=O) groups excluding carboxylic acids is 1. The molecule has 1 amide bonds. The first-order chi connectivity index (χ1) is 18.0. The zero-order chi connectivity index (χ0) is 25.8. The summed E-state index contributed by atoms with van der Waals surface area (Å²) in [5.74, 6) is -0.245. The molecule has 0 aliphatic carbocycles. The molecule has 0 radical (unpaired) electrons. The molecule has 37 heavy (non-hydrogen) atoms. The maximum Gasteiger partial charge on any atom is 0.230 e. The second-order valence-electron chi connectivity index (χ2n) is 8.06. The first-order valence-electron chi connectivity index (χ1n) is 11.3. The van der Waals surface area contributed by atoms with Crippen LogP contribution in [0.15, 0.2) is 91.1 Å². The van der Waals surface area contributed by atoms with Crippen molar-refractivity contribution in [3.05, 3.63) is 103 Å². The van der Waals surface area contributed by atoms with Gasteiger partial charge in [-0.1, -0.05) is 42.5 Å². The van der Waals surface area contributed by atoms with Gasteiger partial charge in [-0.3, -0.25) is 9.78 Å². The molecule has 2 aromatic heterocycles. The van der Waals surface area contributed by atoms with Gasteiger partial charge in [0.1, 0.15) is 11.5 Å². The number of anilines is 1. The molecule has 6 nitrogen and oxygen atoms in total. The Bertz CT molecular complexity index is 1610. The summed E-state index contributed by atoms with van der Waals surface area (Å²) in [6, 6.07) is 24.2. The Balaban J connectivity index is 1.28. The Kier molecular flexibility index (Phi) is 7.07. The fraction of sp³-hybridized carbons (Fsp3) is 0.0357. The standard InChI is InChI=1S/C28H20FN3O3S2/c29-20-15-18(31-28(36)32-26(34)14-17-6-2-1-3-7-17)10-11-23(20)35-24-12-13-30-21-16-25(37-27(21)24)19-8-4-5-9-22(19)33/h1-13,15-16,33H,14H2,(H2,31,32,34,36). The molecule has 5 aromatic rings. The largest absolute Gasteiger partial charge is 0.507 e. The molecule has 0 saturated carbocycles. The Morgan fingerprint density at radius 2 is 1.78 bits per heavy atom. The van der Waals surface area contributed by atoms with Crippen LogP contribution in [0.1, 0.15) is 5.56 Å². The predicted molar refractivity (Wildman–Crippen MR) is 148 cm³/mol. The highest BCUT2D eigenvalue weighted by atomic mass is 32.1. The van der Waals surface area contributed by atoms with Gasteiger partial charge in [-0.25, -0.2) is 4.39 Å². The van der Waals surface area contributed by atoms with Crippen LogP contribution in [0.5, 0.6) is 17.2 Å². The number of carbonyl (C=O) groups is 1. The van der Waals surface area contributed by atoms with Crippen LogP contribution in [0.25, 0.3) is 20.7 Å². The van der Waals surface area contributed by atoms with Gasteiger partial charge in [0, 0.05) is 34.5 Å². The number of aromatic nitrogens is 1. The van der Waals surface area contributed by atoms with E-state index in [1.165, 1.54) is 23.5 Å². The summed E-state index contributed by atoms with van der Waals surface area (Å²) in [5, 5.41) is 15.7. The lowest BCUT2D eigenvalue weighted by Crippen LogP contribution is -2.35. The van der Waals surface area contributed by atoms with Gasteiger partial charge < -0.3 is 20.5 Å². The maximum atomic E-state index is 14.9. The molecule has 0 spiro atoms. The summed E-state index contributed by atoms with van der Waals surface area (Å²) in [6.07, 6.45) is 1.77. The number of hydrogen-bond donors (Lipinski definition) is 3. The van der Waals surface area contributed by atoms with Crippen LogP contribution < -0.4 is 15.4 Å². The van der Waals surface area contributed by atoms with Crippen molar-refractivity contribution in [3.63, 3.8) is 0 Å². The van der Waals surface area contributed by atoms with Gasteiger partial charge in [-0.2, -0.15) is 0 Å². The monoisotopic (exact) mass is 529 g/mol. The van der Waals surface area contributed by atoms with Gasteiger partial charge in [0.15, 0.2) is 16.7 Å². The molecule has 9 heteroatoms. The van der Waals surface area contributed by atoms with Crippen LogP contribution in [0.2, 0.25) is 0 Å². The SMILES string of the molecule is O=C(Cc1ccccc1)NC(=S)Nc1ccc(Oc2ccnc3cc(-c4ccccc4O)sc23)c(F)c1. The molecule has 0 unspecified atom stereocenters. The Morgan fingerprint density at radius 3 is 2.57 bits per heavy atom. The number of phenols is 1. The first-order valence-corrected chi connectivity index (χ1v) is 12.5. The van der Waals surface area contributed by atoms with Gasteiger partial charge >= 0.3 is 0 Å². The Hall–Kier alpha value is -4.34. The van der Waals surface area contributed by atoms with Gasteiger partial charge in [0.2, 0.25) is 5.91 Å². The minimum absolute atomic E-state index is 0.0228. The number of amides is 1. The number of nitrogens with zero attached hydrogens (tertiary/aromatic N) is 1. The fourth-order valence-corrected chi connectivity index (χ4v) is 5.04. The second kappa shape index (κ2) is 10.7. The van der Waals surface area contributed by atoms with Crippen molar-refractivity contribution < 1.29 is 19.0 Å². The first kappa shape index (κ1) is 24.4. The van der Waals surface area contributed by atoms with Crippen LogP contribution in [0, 0.1) is 5.82 Å². The summed E-state index contributed by atoms with van der Waals surface area (Å²) in [6.45, 7) is 0. The van der Waals surface area contributed by atoms with Gasteiger partial charge in [0.25, 0.3) is 0 Å². The second-order valence-corrected chi connectivity index (χ2v) is 9.52. The molecule has 0 aliphatic heterocycles. The topological polar surface area (TPSA) is 83.5 Å². The molecule has 0 atom stereocenters. The number of pyridine rings is 1. The molecule has 0 saturated heterocycles. The van der Waals surface area contributed by atoms with Crippen LogP contribution in [-0.4, -0.2) is 21.1 Å². The predicted octanol–water partition coefficient (Wildman–Crippen LogP) is 6.66. The third-order valence-electron chi connectivity index (χ3n) is 5.42. The number of nitrogens with one attached hydrogen (secondary N) is 2. The molecular formula is C28H20FN3O3S2. The zero-order valence-corrected chi connectivity index (χ0v) is 20.9. The van der Waals surface area contributed by atoms with Crippen molar-refractivity contribution in [1.29, 1.82) is 0 Å². The van der Waals surface area contributed by atoms with Crippen molar-refractivity contribution in [1.82, 2.24) is 10.3 Å². The van der Waals surface area contributed by atoms with E-state index in [1.54, 1.807) is 30.5 Å². The number of benzene rings is 3. The van der Waals surface area contributed by atoms with Crippen LogP contribution in [-0.2, 0) is 11.2 Å². The van der Waals surface area contributed by atoms with Crippen LogP contribution in [0.4, 0.5) is 10.1 Å². The number of ether oxygens (including phenoxy) is 1. The number of aromatic hydroxyl groups is 1. The molecule has 0 aliphatic rings. The molecule has 3 aromatic carbocycles. The molecule has 3 N–H and O–H groups in total. The number of para-hydroxylation sites is 1. The molecule has 2 heterocycles. The average Bonchev–Trinajstić information content (AvgIpc) is 3.31. The lowest BCUT2D eigenvalue weighted by Gasteiger charge is -2.12. The Morgan fingerprint density at radius 1 is 1.00 bits per heavy atom. The van der Waals surface area contributed by atoms with E-state index < -0.39 is 5.82 Å². The summed E-state index contributed by atoms with van der Waals surface area (Å²) in [4.78, 5) is 17.4. The van der Waals surface area contributed by atoms with E-state index in [0.29, 0.717) is 22.5 Å². The zero-order valence-electron chi connectivity index (χ0n) is 19.3. The molecule has 0 bridgehead atoms. The number of thiocarbonyl (C=S) groups is 1. The highest BCUT2D eigenvalue weighted by Gasteiger charge is 2.15. The molecular weight excluding hydrogens is 509 g/mol. The van der Waals surface area contributed by atoms with Gasteiger partial charge in [-0.05, 0) is 48.1 Å². The summed E-state index contributed by atoms with van der Waals surface area (Å²) in [7, 11) is 0. The van der Waals surface area contributed by atoms with Gasteiger partial charge in [0.05, 0.1) is 16.6 Å². The average molecular weight is 530 g/mol. The van der Waals surface area contributed by atoms with Crippen molar-refractivity contribution in [2.45, 2.75) is 6.42 Å². The van der Waals surface area contributed by atoms with Crippen LogP contribution in [0.3, 0.4) is 0 Å². The van der Waals surface area contributed by atoms with Crippen molar-refractivity contribution in [2.24, 2.45) is 0 Å². The van der Waals surface area contributed by atoms with E-state index in [9.17, 15) is 14.3 Å². The smallest absolute Gasteiger partial charge is 0.230 e. The number of rotatable bonds is 6. The maximum absolute atomic E-state index is 14.9. The number of halogens is 1. The minimum atomic E-state index is -0.606. The van der Waals surface area contributed by atoms with E-state index in [2.05, 4.69) is 15.6 Å². The highest BCUT2D eigenvalue weighted by molar-refractivity contribution is 7.80. The van der Waals surface area contributed by atoms with Crippen molar-refractivity contribution in [2.75, 3.05) is 5.32 Å². The third-order valence-corrected chi connectivity index (χ3v) is 6.79. The van der Waals surface area contributed by atoms with E-state index in [4.69, 9.17) is 17.0 Å². The highest BCUT2D eigenvalue weighted by Crippen LogP contribution is 2.41. The van der Waals surface area contributed by atoms with Crippen molar-refractivity contribution in [3.8, 4) is 27.7 Å². The number of phenolic OH excluding ortho intramolecular Hbond substituents is 1. The normalized spacial score (nSPS) is 10.7. The van der Waals surface area contributed by atoms with E-state index in [-0.39, 0.29) is 28.9 Å². The number of hydrogen-bond acceptors (Lipinski definition) is 6. The number of fused-ring (bicyclic) bond motifs is 1. The quantitative estimate of drug-likeness (QED) is 0.214. The van der Waals surface area contributed by atoms with Gasteiger partial charge in [-0.15, -0.1) is 11.3 Å². The van der Waals surface area contributed by atoms with E-state index >= 15 is 0 Å². The molecule has 184 valence electrons. The van der Waals surface area contributed by atoms with E-state index in [1.807, 2.05) is 48.5 Å². The summed E-state index contributed by atoms with van der Waals surface area (Å²) < 4.78 is 21.5. The van der Waals surface area contributed by atoms with Crippen molar-refractivity contribution >= 4 is 50.5 Å². The number of thiophene rings is 1. The lowest BCUT2D eigenvalue weighted by molar-refractivity contribution is -0.119. The summed E-state index contributed by atoms with van der Waals surface area (Å²) in [5.41, 5.74) is 2.59. The minimum Gasteiger partial charge on any atom is -0.507 e. The summed E-state index contributed by atoms with van der Waals surface area (Å²) >= 11 is 6.59. The lowest BCUT2D eigenvalue weighted by atomic mass is 10.1. The Labute approximate surface area is 221 Å². The fourth-order valence-electron chi connectivity index (χ4n) is 3.70. The molecule has 0 fully saturated rings. The van der Waals surface area contributed by atoms with E-state index in [0.717, 1.165) is 15.1 Å².